The van der Waals surface area contributed by atoms with Gasteiger partial charge >= 0.3 is 0 Å². The maximum absolute atomic E-state index is 13.8. The number of benzene rings is 2. The fourth-order valence-corrected chi connectivity index (χ4v) is 3.26. The Labute approximate surface area is 156 Å². The van der Waals surface area contributed by atoms with Crippen molar-refractivity contribution in [2.24, 2.45) is 0 Å². The highest BCUT2D eigenvalue weighted by Gasteiger charge is 2.11. The van der Waals surface area contributed by atoms with Gasteiger partial charge in [0.25, 0.3) is 0 Å². The Bertz CT molecular complexity index is 1060. The van der Waals surface area contributed by atoms with Gasteiger partial charge in [-0.05, 0) is 65.6 Å². The number of nitrogens with one attached hydrogen (secondary N) is 2. The van der Waals surface area contributed by atoms with E-state index in [1.807, 2.05) is 18.2 Å². The van der Waals surface area contributed by atoms with Crippen LogP contribution in [0.1, 0.15) is 11.1 Å². The molecule has 0 unspecified atom stereocenters. The summed E-state index contributed by atoms with van der Waals surface area (Å²) in [5.41, 5.74) is 4.69. The molecule has 0 saturated carbocycles. The second kappa shape index (κ2) is 7.68. The molecule has 27 heavy (non-hydrogen) atoms. The van der Waals surface area contributed by atoms with E-state index >= 15 is 0 Å². The molecule has 5 heteroatoms. The molecule has 0 aliphatic heterocycles. The van der Waals surface area contributed by atoms with Gasteiger partial charge in [0, 0.05) is 30.5 Å². The number of nitrogens with zero attached hydrogens (tertiary/aromatic N) is 1. The first-order valence-corrected chi connectivity index (χ1v) is 8.86. The summed E-state index contributed by atoms with van der Waals surface area (Å²) in [7, 11) is 0. The van der Waals surface area contributed by atoms with Crippen LogP contribution in [0.3, 0.4) is 0 Å². The molecule has 0 bridgehead atoms. The fourth-order valence-electron chi connectivity index (χ4n) is 3.26. The van der Waals surface area contributed by atoms with E-state index in [4.69, 9.17) is 0 Å². The predicted molar refractivity (Wildman–Crippen MR) is 103 cm³/mol. The van der Waals surface area contributed by atoms with Gasteiger partial charge in [0.2, 0.25) is 0 Å². The molecule has 3 nitrogen and oxygen atoms in total. The molecular formula is C22H19F2N3. The molecule has 2 heterocycles. The van der Waals surface area contributed by atoms with Gasteiger partial charge in [0.1, 0.15) is 0 Å². The molecule has 2 N–H and O–H groups in total. The van der Waals surface area contributed by atoms with Gasteiger partial charge in [0.15, 0.2) is 11.6 Å². The first kappa shape index (κ1) is 17.4. The Morgan fingerprint density at radius 3 is 2.67 bits per heavy atom. The zero-order valence-corrected chi connectivity index (χ0v) is 14.7. The molecule has 0 spiro atoms. The molecule has 0 aliphatic rings. The highest BCUT2D eigenvalue weighted by Crippen LogP contribution is 2.23. The summed E-state index contributed by atoms with van der Waals surface area (Å²) in [6.07, 6.45) is 6.06. The molecule has 0 fully saturated rings. The molecule has 4 aromatic rings. The van der Waals surface area contributed by atoms with Gasteiger partial charge in [-0.2, -0.15) is 0 Å². The highest BCUT2D eigenvalue weighted by molar-refractivity contribution is 5.83. The van der Waals surface area contributed by atoms with Crippen molar-refractivity contribution in [3.05, 3.63) is 89.9 Å². The minimum Gasteiger partial charge on any atom is -0.358 e. The third-order valence-corrected chi connectivity index (χ3v) is 4.67. The first-order chi connectivity index (χ1) is 13.2. The van der Waals surface area contributed by atoms with Gasteiger partial charge in [-0.25, -0.2) is 8.78 Å². The summed E-state index contributed by atoms with van der Waals surface area (Å²) in [4.78, 5) is 6.88. The lowest BCUT2D eigenvalue weighted by molar-refractivity contribution is 0.515. The van der Waals surface area contributed by atoms with Crippen molar-refractivity contribution in [2.75, 3.05) is 6.54 Å². The molecule has 136 valence electrons. The summed E-state index contributed by atoms with van der Waals surface area (Å²) < 4.78 is 27.1. The van der Waals surface area contributed by atoms with Crippen molar-refractivity contribution in [3.8, 4) is 11.1 Å². The van der Waals surface area contributed by atoms with E-state index in [0.29, 0.717) is 0 Å². The summed E-state index contributed by atoms with van der Waals surface area (Å²) in [5, 5.41) is 4.15. The molecule has 0 atom stereocenters. The van der Waals surface area contributed by atoms with E-state index < -0.39 is 11.6 Å². The normalized spacial score (nSPS) is 11.2. The Balaban J connectivity index is 1.38. The Morgan fingerprint density at radius 1 is 0.963 bits per heavy atom. The van der Waals surface area contributed by atoms with Gasteiger partial charge in [-0.3, -0.25) is 4.98 Å². The number of halogens is 2. The van der Waals surface area contributed by atoms with Gasteiger partial charge in [-0.15, -0.1) is 0 Å². The molecular weight excluding hydrogens is 344 g/mol. The quantitative estimate of drug-likeness (QED) is 0.481. The zero-order chi connectivity index (χ0) is 18.6. The van der Waals surface area contributed by atoms with Gasteiger partial charge < -0.3 is 10.3 Å². The van der Waals surface area contributed by atoms with E-state index in [1.165, 1.54) is 11.6 Å². The Morgan fingerprint density at radius 2 is 1.81 bits per heavy atom. The van der Waals surface area contributed by atoms with Crippen LogP contribution in [-0.4, -0.2) is 16.5 Å². The van der Waals surface area contributed by atoms with Crippen LogP contribution in [0.15, 0.2) is 67.1 Å². The second-order valence-electron chi connectivity index (χ2n) is 6.46. The molecule has 2 aromatic heterocycles. The van der Waals surface area contributed by atoms with Crippen LogP contribution in [-0.2, 0) is 13.0 Å². The van der Waals surface area contributed by atoms with Crippen LogP contribution in [0, 0.1) is 11.6 Å². The largest absolute Gasteiger partial charge is 0.358 e. The standard InChI is InChI=1S/C22H19F2N3/c23-20-5-4-19-18(14-27-22(19)21(20)24)8-11-26-13-15-2-1-3-17(12-15)16-6-9-25-10-7-16/h1-7,9-10,12,14,26-27H,8,11,13H2. The lowest BCUT2D eigenvalue weighted by atomic mass is 10.0. The summed E-state index contributed by atoms with van der Waals surface area (Å²) in [5.74, 6) is -1.65. The number of aromatic nitrogens is 2. The van der Waals surface area contributed by atoms with Crippen LogP contribution in [0.4, 0.5) is 8.78 Å². The van der Waals surface area contributed by atoms with Crippen LogP contribution in [0.5, 0.6) is 0 Å². The third-order valence-electron chi connectivity index (χ3n) is 4.67. The van der Waals surface area contributed by atoms with E-state index in [1.54, 1.807) is 24.7 Å². The Hall–Kier alpha value is -3.05. The maximum Gasteiger partial charge on any atom is 0.182 e. The van der Waals surface area contributed by atoms with E-state index in [2.05, 4.69) is 33.5 Å². The molecule has 4 rings (SSSR count). The molecule has 0 radical (unpaired) electrons. The second-order valence-corrected chi connectivity index (χ2v) is 6.46. The number of rotatable bonds is 6. The minimum absolute atomic E-state index is 0.232. The van der Waals surface area contributed by atoms with Crippen molar-refractivity contribution < 1.29 is 8.78 Å². The smallest absolute Gasteiger partial charge is 0.182 e. The first-order valence-electron chi connectivity index (χ1n) is 8.86. The number of fused-ring (bicyclic) bond motifs is 1. The van der Waals surface area contributed by atoms with Crippen molar-refractivity contribution in [1.82, 2.24) is 15.3 Å². The van der Waals surface area contributed by atoms with Gasteiger partial charge in [-0.1, -0.05) is 18.2 Å². The van der Waals surface area contributed by atoms with Crippen molar-refractivity contribution >= 4 is 10.9 Å². The van der Waals surface area contributed by atoms with Crippen LogP contribution in [0.25, 0.3) is 22.0 Å². The van der Waals surface area contributed by atoms with Crippen LogP contribution < -0.4 is 5.32 Å². The minimum atomic E-state index is -0.830. The average Bonchev–Trinajstić information content (AvgIpc) is 3.13. The van der Waals surface area contributed by atoms with Crippen LogP contribution >= 0.6 is 0 Å². The molecule has 0 aliphatic carbocycles. The van der Waals surface area contributed by atoms with Crippen molar-refractivity contribution in [3.63, 3.8) is 0 Å². The van der Waals surface area contributed by atoms with Gasteiger partial charge in [0.05, 0.1) is 5.52 Å². The van der Waals surface area contributed by atoms with E-state index in [-0.39, 0.29) is 5.52 Å². The van der Waals surface area contributed by atoms with Crippen molar-refractivity contribution in [2.45, 2.75) is 13.0 Å². The van der Waals surface area contributed by atoms with Crippen molar-refractivity contribution in [1.29, 1.82) is 0 Å². The SMILES string of the molecule is Fc1ccc2c(CCNCc3cccc(-c4ccncc4)c3)c[nH]c2c1F. The molecule has 0 amide bonds. The summed E-state index contributed by atoms with van der Waals surface area (Å²) in [6, 6.07) is 15.2. The van der Waals surface area contributed by atoms with E-state index in [9.17, 15) is 8.78 Å². The van der Waals surface area contributed by atoms with Crippen LogP contribution in [0.2, 0.25) is 0 Å². The summed E-state index contributed by atoms with van der Waals surface area (Å²) in [6.45, 7) is 1.48. The summed E-state index contributed by atoms with van der Waals surface area (Å²) >= 11 is 0. The molecule has 2 aromatic carbocycles. The maximum atomic E-state index is 13.8. The monoisotopic (exact) mass is 363 g/mol. The number of pyridine rings is 1. The average molecular weight is 363 g/mol. The lowest BCUT2D eigenvalue weighted by Gasteiger charge is -2.07. The number of hydrogen-bond acceptors (Lipinski definition) is 2. The lowest BCUT2D eigenvalue weighted by Crippen LogP contribution is -2.16. The Kier molecular flexibility index (Phi) is 4.94. The number of H-pyrrole nitrogens is 1. The molecule has 0 saturated heterocycles. The number of hydrogen-bond donors (Lipinski definition) is 2. The fraction of sp³-hybridized carbons (Fsp3) is 0.136. The predicted octanol–water partition coefficient (Wildman–Crippen LogP) is 4.84. The van der Waals surface area contributed by atoms with E-state index in [0.717, 1.165) is 41.6 Å². The number of aromatic amines is 1. The highest BCUT2D eigenvalue weighted by atomic mass is 19.2. The third kappa shape index (κ3) is 3.73. The topological polar surface area (TPSA) is 40.7 Å². The zero-order valence-electron chi connectivity index (χ0n) is 14.7.